The standard InChI is InChI=1S/C28H26IN5O7/c1-4-32(5-2)21-9-7-20(8-10-21)31-28(35)19(17-30)13-18-14-23(29)27(26(15-18)40-6-3)41-25-12-11-22(33(36)37)16-24(25)34(38)39/h7-16H,4-6H2,1-3H3,(H,31,35)/b19-13-. The maximum Gasteiger partial charge on any atom is 0.318 e. The quantitative estimate of drug-likeness (QED) is 0.0727. The highest BCUT2D eigenvalue weighted by Crippen LogP contribution is 2.41. The van der Waals surface area contributed by atoms with E-state index in [9.17, 15) is 30.3 Å². The van der Waals surface area contributed by atoms with Crippen molar-refractivity contribution in [3.8, 4) is 23.3 Å². The molecule has 0 aliphatic carbocycles. The normalized spacial score (nSPS) is 10.9. The molecule has 0 spiro atoms. The Morgan fingerprint density at radius 1 is 1.02 bits per heavy atom. The predicted octanol–water partition coefficient (Wildman–Crippen LogP) is 6.69. The van der Waals surface area contributed by atoms with Gasteiger partial charge >= 0.3 is 5.69 Å². The van der Waals surface area contributed by atoms with Crippen LogP contribution in [0.3, 0.4) is 0 Å². The second-order valence-corrected chi connectivity index (χ2v) is 9.54. The molecule has 13 heteroatoms. The lowest BCUT2D eigenvalue weighted by molar-refractivity contribution is -0.394. The highest BCUT2D eigenvalue weighted by Gasteiger charge is 2.24. The summed E-state index contributed by atoms with van der Waals surface area (Å²) in [5.41, 5.74) is 0.803. The van der Waals surface area contributed by atoms with Gasteiger partial charge in [0.2, 0.25) is 5.75 Å². The number of nitrogens with zero attached hydrogens (tertiary/aromatic N) is 4. The van der Waals surface area contributed by atoms with E-state index in [1.165, 1.54) is 12.1 Å². The molecule has 0 heterocycles. The minimum atomic E-state index is -0.776. The first-order valence-electron chi connectivity index (χ1n) is 12.5. The lowest BCUT2D eigenvalue weighted by atomic mass is 10.1. The Balaban J connectivity index is 1.91. The number of benzene rings is 3. The molecule has 0 saturated carbocycles. The van der Waals surface area contributed by atoms with E-state index in [4.69, 9.17) is 9.47 Å². The second kappa shape index (κ2) is 14.1. The zero-order valence-electron chi connectivity index (χ0n) is 22.4. The molecule has 0 saturated heterocycles. The summed E-state index contributed by atoms with van der Waals surface area (Å²) in [5.74, 6) is -0.481. The summed E-state index contributed by atoms with van der Waals surface area (Å²) in [6, 6.07) is 15.4. The van der Waals surface area contributed by atoms with Gasteiger partial charge in [-0.15, -0.1) is 0 Å². The van der Waals surface area contributed by atoms with Gasteiger partial charge in [0, 0.05) is 30.5 Å². The highest BCUT2D eigenvalue weighted by molar-refractivity contribution is 14.1. The lowest BCUT2D eigenvalue weighted by Crippen LogP contribution is -2.21. The van der Waals surface area contributed by atoms with E-state index in [0.29, 0.717) is 14.8 Å². The van der Waals surface area contributed by atoms with Gasteiger partial charge in [-0.25, -0.2) is 0 Å². The number of nitro benzene ring substituents is 2. The number of ether oxygens (including phenoxy) is 2. The number of hydrogen-bond donors (Lipinski definition) is 1. The topological polar surface area (TPSA) is 161 Å². The fraction of sp³-hybridized carbons (Fsp3) is 0.214. The summed E-state index contributed by atoms with van der Waals surface area (Å²) in [6.45, 7) is 7.75. The fourth-order valence-corrected chi connectivity index (χ4v) is 4.59. The smallest absolute Gasteiger partial charge is 0.318 e. The molecular weight excluding hydrogens is 645 g/mol. The molecule has 12 nitrogen and oxygen atoms in total. The summed E-state index contributed by atoms with van der Waals surface area (Å²) >= 11 is 1.93. The number of non-ortho nitro benzene ring substituents is 1. The van der Waals surface area contributed by atoms with Crippen LogP contribution in [-0.2, 0) is 4.79 Å². The zero-order chi connectivity index (χ0) is 30.1. The third-order valence-electron chi connectivity index (χ3n) is 5.82. The van der Waals surface area contributed by atoms with Crippen LogP contribution in [0.1, 0.15) is 26.3 Å². The molecule has 1 amide bonds. The lowest BCUT2D eigenvalue weighted by Gasteiger charge is -2.21. The maximum absolute atomic E-state index is 12.9. The van der Waals surface area contributed by atoms with Gasteiger partial charge in [-0.2, -0.15) is 5.26 Å². The van der Waals surface area contributed by atoms with E-state index in [-0.39, 0.29) is 29.4 Å². The Kier molecular flexibility index (Phi) is 10.6. The Morgan fingerprint density at radius 3 is 2.27 bits per heavy atom. The summed E-state index contributed by atoms with van der Waals surface area (Å²) in [6.07, 6.45) is 1.39. The third-order valence-corrected chi connectivity index (χ3v) is 6.62. The largest absolute Gasteiger partial charge is 0.490 e. The van der Waals surface area contributed by atoms with Crippen LogP contribution in [0.2, 0.25) is 0 Å². The van der Waals surface area contributed by atoms with Crippen molar-refractivity contribution in [2.24, 2.45) is 0 Å². The number of hydrogen-bond acceptors (Lipinski definition) is 9. The van der Waals surface area contributed by atoms with Crippen LogP contribution in [-0.4, -0.2) is 35.5 Å². The van der Waals surface area contributed by atoms with Crippen molar-refractivity contribution in [1.29, 1.82) is 5.26 Å². The first-order chi connectivity index (χ1) is 19.6. The minimum absolute atomic E-state index is 0.137. The zero-order valence-corrected chi connectivity index (χ0v) is 24.6. The fourth-order valence-electron chi connectivity index (χ4n) is 3.85. The molecule has 0 bridgehead atoms. The van der Waals surface area contributed by atoms with Gasteiger partial charge < -0.3 is 19.7 Å². The molecule has 212 valence electrons. The van der Waals surface area contributed by atoms with Gasteiger partial charge in [0.25, 0.3) is 11.6 Å². The average molecular weight is 671 g/mol. The molecule has 0 unspecified atom stereocenters. The van der Waals surface area contributed by atoms with E-state index in [1.54, 1.807) is 25.1 Å². The van der Waals surface area contributed by atoms with Gasteiger partial charge in [0.1, 0.15) is 11.6 Å². The first-order valence-corrected chi connectivity index (χ1v) is 13.5. The Morgan fingerprint density at radius 2 is 1.71 bits per heavy atom. The van der Waals surface area contributed by atoms with Crippen LogP contribution >= 0.6 is 22.6 Å². The van der Waals surface area contributed by atoms with Gasteiger partial charge in [0.05, 0.1) is 26.1 Å². The van der Waals surface area contributed by atoms with Crippen LogP contribution in [0, 0.1) is 35.1 Å². The predicted molar refractivity (Wildman–Crippen MR) is 162 cm³/mol. The number of nitriles is 1. The van der Waals surface area contributed by atoms with Gasteiger partial charge in [-0.05, 0) is 97.5 Å². The Bertz CT molecular complexity index is 1530. The number of anilines is 2. The van der Waals surface area contributed by atoms with Crippen molar-refractivity contribution >= 4 is 57.3 Å². The second-order valence-electron chi connectivity index (χ2n) is 8.37. The van der Waals surface area contributed by atoms with E-state index < -0.39 is 27.1 Å². The molecule has 0 aromatic heterocycles. The maximum atomic E-state index is 12.9. The molecule has 41 heavy (non-hydrogen) atoms. The van der Waals surface area contributed by atoms with Crippen molar-refractivity contribution in [2.75, 3.05) is 29.9 Å². The number of halogens is 1. The van der Waals surface area contributed by atoms with E-state index in [0.717, 1.165) is 37.0 Å². The summed E-state index contributed by atoms with van der Waals surface area (Å²) < 4.78 is 12.0. The van der Waals surface area contributed by atoms with E-state index in [2.05, 4.69) is 24.1 Å². The number of carbonyl (C=O) groups is 1. The van der Waals surface area contributed by atoms with Crippen LogP contribution < -0.4 is 19.7 Å². The number of carbonyl (C=O) groups excluding carboxylic acids is 1. The molecule has 0 radical (unpaired) electrons. The molecule has 3 rings (SSSR count). The van der Waals surface area contributed by atoms with E-state index >= 15 is 0 Å². The minimum Gasteiger partial charge on any atom is -0.490 e. The monoisotopic (exact) mass is 671 g/mol. The SMILES string of the molecule is CCOc1cc(/C=C(/C#N)C(=O)Nc2ccc(N(CC)CC)cc2)cc(I)c1Oc1ccc([N+](=O)[O-])cc1[N+](=O)[O-]. The van der Waals surface area contributed by atoms with Crippen LogP contribution in [0.4, 0.5) is 22.7 Å². The summed E-state index contributed by atoms with van der Waals surface area (Å²) in [7, 11) is 0. The molecule has 1 N–H and O–H groups in total. The Labute approximate surface area is 249 Å². The first kappa shape index (κ1) is 30.8. The summed E-state index contributed by atoms with van der Waals surface area (Å²) in [5, 5.41) is 35.0. The van der Waals surface area contributed by atoms with Crippen molar-refractivity contribution in [3.63, 3.8) is 0 Å². The van der Waals surface area contributed by atoms with Gasteiger partial charge in [-0.3, -0.25) is 25.0 Å². The van der Waals surface area contributed by atoms with Crippen molar-refractivity contribution in [1.82, 2.24) is 0 Å². The molecule has 0 atom stereocenters. The van der Waals surface area contributed by atoms with Crippen LogP contribution in [0.5, 0.6) is 17.2 Å². The van der Waals surface area contributed by atoms with Gasteiger partial charge in [-0.1, -0.05) is 0 Å². The third kappa shape index (κ3) is 7.70. The molecule has 0 fully saturated rings. The number of amides is 1. The Hall–Kier alpha value is -4.71. The van der Waals surface area contributed by atoms with Crippen LogP contribution in [0.25, 0.3) is 6.08 Å². The van der Waals surface area contributed by atoms with E-state index in [1.807, 2.05) is 40.8 Å². The summed E-state index contributed by atoms with van der Waals surface area (Å²) in [4.78, 5) is 36.1. The van der Waals surface area contributed by atoms with Crippen molar-refractivity contribution in [3.05, 3.63) is 89.5 Å². The average Bonchev–Trinajstić information content (AvgIpc) is 2.95. The van der Waals surface area contributed by atoms with Crippen LogP contribution in [0.15, 0.2) is 60.2 Å². The van der Waals surface area contributed by atoms with Gasteiger partial charge in [0.15, 0.2) is 11.5 Å². The number of nitrogens with one attached hydrogen (secondary N) is 1. The molecule has 3 aromatic rings. The van der Waals surface area contributed by atoms with Crippen molar-refractivity contribution < 1.29 is 24.1 Å². The van der Waals surface area contributed by atoms with Crippen molar-refractivity contribution in [2.45, 2.75) is 20.8 Å². The molecule has 3 aromatic carbocycles. The molecular formula is C28H26IN5O7. The molecule has 0 aliphatic heterocycles. The molecule has 0 aliphatic rings. The number of nitro groups is 2. The highest BCUT2D eigenvalue weighted by atomic mass is 127. The number of rotatable bonds is 12.